The molecule has 0 aromatic heterocycles. The van der Waals surface area contributed by atoms with Gasteiger partial charge in [-0.1, -0.05) is 46.9 Å². The normalized spacial score (nSPS) is 19.3. The van der Waals surface area contributed by atoms with Gasteiger partial charge in [-0.15, -0.1) is 0 Å². The van der Waals surface area contributed by atoms with Crippen molar-refractivity contribution in [1.82, 2.24) is 5.32 Å². The van der Waals surface area contributed by atoms with E-state index in [1.165, 1.54) is 6.07 Å². The first-order valence-corrected chi connectivity index (χ1v) is 9.83. The summed E-state index contributed by atoms with van der Waals surface area (Å²) >= 11 is 18.4. The number of hydrogen-bond donors (Lipinski definition) is 2. The lowest BCUT2D eigenvalue weighted by Gasteiger charge is -2.13. The zero-order valence-electron chi connectivity index (χ0n) is 14.4. The Morgan fingerprint density at radius 2 is 1.85 bits per heavy atom. The molecule has 0 radical (unpaired) electrons. The molecule has 2 unspecified atom stereocenters. The molecule has 0 bridgehead atoms. The smallest absolute Gasteiger partial charge is 0.224 e. The van der Waals surface area contributed by atoms with Crippen molar-refractivity contribution in [3.8, 4) is 0 Å². The van der Waals surface area contributed by atoms with Crippen LogP contribution in [0.4, 0.5) is 4.39 Å². The van der Waals surface area contributed by atoms with Crippen molar-refractivity contribution in [2.75, 3.05) is 0 Å². The van der Waals surface area contributed by atoms with E-state index in [2.05, 4.69) is 5.32 Å². The standard InChI is InChI=1S/C20H19Cl3FNO2/c21-13-8-17(22)16(18(23)9-13)6-11-1-4-19(24)12(5-11)7-20(27)25-14-2-3-15(26)10-14/h1,4-5,8-9,14-15,26H,2-3,6-7,10H2,(H,25,27). The van der Waals surface area contributed by atoms with E-state index in [1.54, 1.807) is 24.3 Å². The number of amides is 1. The van der Waals surface area contributed by atoms with Crippen molar-refractivity contribution in [3.05, 3.63) is 67.9 Å². The second-order valence-corrected chi connectivity index (χ2v) is 8.11. The van der Waals surface area contributed by atoms with Crippen molar-refractivity contribution < 1.29 is 14.3 Å². The Morgan fingerprint density at radius 1 is 1.15 bits per heavy atom. The summed E-state index contributed by atoms with van der Waals surface area (Å²) < 4.78 is 14.2. The van der Waals surface area contributed by atoms with Crippen molar-refractivity contribution in [1.29, 1.82) is 0 Å². The molecule has 2 N–H and O–H groups in total. The first-order valence-electron chi connectivity index (χ1n) is 8.70. The third-order valence-electron chi connectivity index (χ3n) is 4.72. The van der Waals surface area contributed by atoms with Gasteiger partial charge in [-0.2, -0.15) is 0 Å². The fraction of sp³-hybridized carbons (Fsp3) is 0.350. The highest BCUT2D eigenvalue weighted by molar-refractivity contribution is 6.39. The monoisotopic (exact) mass is 429 g/mol. The second kappa shape index (κ2) is 8.78. The molecule has 1 amide bonds. The molecule has 1 saturated carbocycles. The maximum atomic E-state index is 14.2. The number of hydrogen-bond acceptors (Lipinski definition) is 2. The largest absolute Gasteiger partial charge is 0.393 e. The van der Waals surface area contributed by atoms with E-state index in [-0.39, 0.29) is 24.5 Å². The number of halogens is 4. The number of aliphatic hydroxyl groups is 1. The van der Waals surface area contributed by atoms with Gasteiger partial charge in [0.1, 0.15) is 5.82 Å². The molecule has 1 fully saturated rings. The molecule has 144 valence electrons. The highest BCUT2D eigenvalue weighted by Gasteiger charge is 2.24. The van der Waals surface area contributed by atoms with Crippen LogP contribution in [0.15, 0.2) is 30.3 Å². The zero-order valence-corrected chi connectivity index (χ0v) is 16.7. The number of carbonyl (C=O) groups is 1. The second-order valence-electron chi connectivity index (χ2n) is 6.86. The molecular weight excluding hydrogens is 412 g/mol. The summed E-state index contributed by atoms with van der Waals surface area (Å²) in [5, 5.41) is 13.7. The first kappa shape index (κ1) is 20.4. The first-order chi connectivity index (χ1) is 12.8. The summed E-state index contributed by atoms with van der Waals surface area (Å²) in [5.41, 5.74) is 1.80. The quantitative estimate of drug-likeness (QED) is 0.705. The van der Waals surface area contributed by atoms with Crippen molar-refractivity contribution in [2.45, 2.75) is 44.2 Å². The Balaban J connectivity index is 1.72. The molecule has 3 rings (SSSR count). The van der Waals surface area contributed by atoms with E-state index >= 15 is 0 Å². The molecule has 0 heterocycles. The van der Waals surface area contributed by atoms with E-state index in [4.69, 9.17) is 34.8 Å². The fourth-order valence-corrected chi connectivity index (χ4v) is 4.31. The molecule has 2 aromatic rings. The van der Waals surface area contributed by atoms with Gasteiger partial charge in [-0.05, 0) is 54.2 Å². The van der Waals surface area contributed by atoms with Gasteiger partial charge in [0.15, 0.2) is 0 Å². The lowest BCUT2D eigenvalue weighted by molar-refractivity contribution is -0.121. The molecule has 2 aromatic carbocycles. The van der Waals surface area contributed by atoms with E-state index in [0.29, 0.717) is 45.5 Å². The Hall–Kier alpha value is -1.33. The van der Waals surface area contributed by atoms with Gasteiger partial charge in [-0.3, -0.25) is 4.79 Å². The average Bonchev–Trinajstić information content (AvgIpc) is 2.98. The van der Waals surface area contributed by atoms with Crippen molar-refractivity contribution in [3.63, 3.8) is 0 Å². The molecule has 0 saturated heterocycles. The van der Waals surface area contributed by atoms with Crippen molar-refractivity contribution in [2.24, 2.45) is 0 Å². The third-order valence-corrected chi connectivity index (χ3v) is 5.61. The van der Waals surface area contributed by atoms with Gasteiger partial charge in [-0.25, -0.2) is 4.39 Å². The predicted molar refractivity (Wildman–Crippen MR) is 106 cm³/mol. The highest BCUT2D eigenvalue weighted by atomic mass is 35.5. The van der Waals surface area contributed by atoms with Crippen LogP contribution in [0.5, 0.6) is 0 Å². The van der Waals surface area contributed by atoms with Gasteiger partial charge in [0.05, 0.1) is 12.5 Å². The van der Waals surface area contributed by atoms with Crippen LogP contribution in [0.1, 0.15) is 36.0 Å². The van der Waals surface area contributed by atoms with Crippen LogP contribution >= 0.6 is 34.8 Å². The Kier molecular flexibility index (Phi) is 6.64. The van der Waals surface area contributed by atoms with E-state index in [9.17, 15) is 14.3 Å². The number of aliphatic hydroxyl groups excluding tert-OH is 1. The summed E-state index contributed by atoms with van der Waals surface area (Å²) in [6.45, 7) is 0. The topological polar surface area (TPSA) is 49.3 Å². The third kappa shape index (κ3) is 5.35. The number of carbonyl (C=O) groups excluding carboxylic acids is 1. The minimum Gasteiger partial charge on any atom is -0.393 e. The minimum absolute atomic E-state index is 0.0505. The molecule has 1 aliphatic carbocycles. The van der Waals surface area contributed by atoms with Crippen LogP contribution in [0.25, 0.3) is 0 Å². The highest BCUT2D eigenvalue weighted by Crippen LogP contribution is 2.31. The van der Waals surface area contributed by atoms with Crippen LogP contribution in [-0.2, 0) is 17.6 Å². The lowest BCUT2D eigenvalue weighted by Crippen LogP contribution is -2.34. The predicted octanol–water partition coefficient (Wildman–Crippen LogP) is 4.95. The van der Waals surface area contributed by atoms with Crippen LogP contribution < -0.4 is 5.32 Å². The Labute approximate surface area is 172 Å². The summed E-state index contributed by atoms with van der Waals surface area (Å²) in [4.78, 5) is 12.2. The van der Waals surface area contributed by atoms with Crippen LogP contribution in [-0.4, -0.2) is 23.2 Å². The van der Waals surface area contributed by atoms with Crippen LogP contribution in [0.2, 0.25) is 15.1 Å². The molecule has 1 aliphatic rings. The molecular formula is C20H19Cl3FNO2. The van der Waals surface area contributed by atoms with Crippen LogP contribution in [0, 0.1) is 5.82 Å². The maximum absolute atomic E-state index is 14.2. The molecule has 0 spiro atoms. The number of rotatable bonds is 5. The van der Waals surface area contributed by atoms with Crippen LogP contribution in [0.3, 0.4) is 0 Å². The zero-order chi connectivity index (χ0) is 19.6. The van der Waals surface area contributed by atoms with Gasteiger partial charge in [0.25, 0.3) is 0 Å². The molecule has 27 heavy (non-hydrogen) atoms. The molecule has 2 atom stereocenters. The summed E-state index contributed by atoms with van der Waals surface area (Å²) in [7, 11) is 0. The fourth-order valence-electron chi connectivity index (χ4n) is 3.36. The van der Waals surface area contributed by atoms with Gasteiger partial charge < -0.3 is 10.4 Å². The average molecular weight is 431 g/mol. The van der Waals surface area contributed by atoms with Gasteiger partial charge in [0, 0.05) is 27.5 Å². The lowest BCUT2D eigenvalue weighted by atomic mass is 10.0. The number of nitrogens with one attached hydrogen (secondary N) is 1. The number of benzene rings is 2. The van der Waals surface area contributed by atoms with Gasteiger partial charge >= 0.3 is 0 Å². The maximum Gasteiger partial charge on any atom is 0.224 e. The summed E-state index contributed by atoms with van der Waals surface area (Å²) in [5.74, 6) is -0.693. The van der Waals surface area contributed by atoms with E-state index < -0.39 is 5.82 Å². The van der Waals surface area contributed by atoms with Crippen molar-refractivity contribution >= 4 is 40.7 Å². The summed E-state index contributed by atoms with van der Waals surface area (Å²) in [6.07, 6.45) is 1.93. The van der Waals surface area contributed by atoms with Gasteiger partial charge in [0.2, 0.25) is 5.91 Å². The molecule has 3 nitrogen and oxygen atoms in total. The van der Waals surface area contributed by atoms with E-state index in [0.717, 1.165) is 12.0 Å². The Morgan fingerprint density at radius 3 is 2.48 bits per heavy atom. The minimum atomic E-state index is -0.436. The molecule has 0 aliphatic heterocycles. The molecule has 7 heteroatoms. The SMILES string of the molecule is O=C(Cc1cc(Cc2c(Cl)cc(Cl)cc2Cl)ccc1F)NC1CCC(O)C1. The van der Waals surface area contributed by atoms with E-state index in [1.807, 2.05) is 0 Å². The summed E-state index contributed by atoms with van der Waals surface area (Å²) in [6, 6.07) is 7.81. The Bertz CT molecular complexity index is 836.